The lowest BCUT2D eigenvalue weighted by Gasteiger charge is -2.34. The van der Waals surface area contributed by atoms with Crippen LogP contribution in [0.15, 0.2) is 249 Å². The van der Waals surface area contributed by atoms with Gasteiger partial charge < -0.3 is 0 Å². The molecule has 0 amide bonds. The van der Waals surface area contributed by atoms with Crippen LogP contribution in [0.4, 0.5) is 0 Å². The zero-order valence-electron chi connectivity index (χ0n) is 38.7. The largest absolute Gasteiger partial charge is 0.0713 e. The van der Waals surface area contributed by atoms with Crippen LogP contribution in [0, 0.1) is 0 Å². The fourth-order valence-electron chi connectivity index (χ4n) is 12.5. The lowest BCUT2D eigenvalue weighted by Crippen LogP contribution is -2.28. The van der Waals surface area contributed by atoms with Crippen LogP contribution < -0.4 is 0 Å². The van der Waals surface area contributed by atoms with Gasteiger partial charge in [-0.25, -0.2) is 0 Å². The molecular weight excluding hydrogens is 817 g/mol. The fraction of sp³-hybridized carbons (Fsp3) is 0.0882. The standard InChI is InChI=1S/C68H50/c1-66(2,3)49-40-41-58-59(44-49)65(46-23-21-29-51(43-46)68(48-26-8-5-9-27-48)62-38-18-14-32-54(62)55-33-15-19-39-63(55)68)57-35-11-10-34-56(57)64(58)45-22-20-28-50(42-45)67(47-24-6-4-7-25-47)60-36-16-12-30-52(60)53-31-13-17-37-61(53)67/h4-44H,1-3H3. The van der Waals surface area contributed by atoms with E-state index in [1.807, 2.05) is 0 Å². The first kappa shape index (κ1) is 40.2. The minimum absolute atomic E-state index is 0.0566. The molecule has 68 heavy (non-hydrogen) atoms. The number of benzene rings is 11. The molecule has 0 unspecified atom stereocenters. The highest BCUT2D eigenvalue weighted by molar-refractivity contribution is 6.21. The second-order valence-electron chi connectivity index (χ2n) is 19.9. The molecule has 13 rings (SSSR count). The molecule has 0 spiro atoms. The van der Waals surface area contributed by atoms with Gasteiger partial charge in [0.1, 0.15) is 0 Å². The molecular formula is C68H50. The molecule has 2 aliphatic carbocycles. The summed E-state index contributed by atoms with van der Waals surface area (Å²) in [6.07, 6.45) is 0. The molecule has 0 N–H and O–H groups in total. The van der Waals surface area contributed by atoms with E-state index in [0.29, 0.717) is 0 Å². The van der Waals surface area contributed by atoms with Crippen molar-refractivity contribution in [1.29, 1.82) is 0 Å². The van der Waals surface area contributed by atoms with Gasteiger partial charge in [0.2, 0.25) is 0 Å². The van der Waals surface area contributed by atoms with E-state index in [0.717, 1.165) is 0 Å². The first-order chi connectivity index (χ1) is 33.4. The Hall–Kier alpha value is -8.06. The Labute approximate surface area is 399 Å². The first-order valence-corrected chi connectivity index (χ1v) is 24.1. The molecule has 0 saturated heterocycles. The zero-order chi connectivity index (χ0) is 45.6. The van der Waals surface area contributed by atoms with E-state index in [1.165, 1.54) is 116 Å². The third kappa shape index (κ3) is 5.67. The molecule has 11 aromatic rings. The summed E-state index contributed by atoms with van der Waals surface area (Å²) >= 11 is 0. The van der Waals surface area contributed by atoms with Crippen molar-refractivity contribution < 1.29 is 0 Å². The van der Waals surface area contributed by atoms with Gasteiger partial charge in [0, 0.05) is 0 Å². The summed E-state index contributed by atoms with van der Waals surface area (Å²) in [6, 6.07) is 93.9. The minimum Gasteiger partial charge on any atom is -0.0622 e. The molecule has 0 heterocycles. The fourth-order valence-corrected chi connectivity index (χ4v) is 12.5. The predicted molar refractivity (Wildman–Crippen MR) is 286 cm³/mol. The van der Waals surface area contributed by atoms with Gasteiger partial charge >= 0.3 is 0 Å². The Morgan fingerprint density at radius 2 is 0.603 bits per heavy atom. The molecule has 322 valence electrons. The van der Waals surface area contributed by atoms with Gasteiger partial charge in [0.15, 0.2) is 0 Å². The average Bonchev–Trinajstić information content (AvgIpc) is 3.87. The Bertz CT molecular complexity index is 3680. The second-order valence-corrected chi connectivity index (χ2v) is 19.9. The van der Waals surface area contributed by atoms with E-state index in [9.17, 15) is 0 Å². The van der Waals surface area contributed by atoms with Gasteiger partial charge in [-0.3, -0.25) is 0 Å². The molecule has 0 bridgehead atoms. The number of fused-ring (bicyclic) bond motifs is 8. The van der Waals surface area contributed by atoms with Crippen LogP contribution in [0.2, 0.25) is 0 Å². The Morgan fingerprint density at radius 1 is 0.265 bits per heavy atom. The molecule has 0 heteroatoms. The van der Waals surface area contributed by atoms with Crippen LogP contribution in [-0.2, 0) is 16.2 Å². The molecule has 0 nitrogen and oxygen atoms in total. The molecule has 0 aliphatic heterocycles. The Kier molecular flexibility index (Phi) is 9.02. The quantitative estimate of drug-likeness (QED) is 0.146. The number of hydrogen-bond acceptors (Lipinski definition) is 0. The molecule has 0 aromatic heterocycles. The maximum absolute atomic E-state index is 2.51. The highest BCUT2D eigenvalue weighted by atomic mass is 14.5. The van der Waals surface area contributed by atoms with Gasteiger partial charge in [-0.05, 0) is 140 Å². The molecule has 2 aliphatic rings. The van der Waals surface area contributed by atoms with Gasteiger partial charge in [0.25, 0.3) is 0 Å². The summed E-state index contributed by atoms with van der Waals surface area (Å²) < 4.78 is 0. The molecule has 0 saturated carbocycles. The summed E-state index contributed by atoms with van der Waals surface area (Å²) in [5.41, 5.74) is 20.8. The summed E-state index contributed by atoms with van der Waals surface area (Å²) in [6.45, 7) is 7.00. The van der Waals surface area contributed by atoms with Crippen LogP contribution in [0.1, 0.15) is 70.8 Å². The smallest absolute Gasteiger partial charge is 0.0622 e. The normalized spacial score (nSPS) is 14.0. The van der Waals surface area contributed by atoms with Gasteiger partial charge in [0.05, 0.1) is 10.8 Å². The topological polar surface area (TPSA) is 0 Å². The van der Waals surface area contributed by atoms with Gasteiger partial charge in [-0.1, -0.05) is 251 Å². The zero-order valence-corrected chi connectivity index (χ0v) is 38.7. The van der Waals surface area contributed by atoms with E-state index in [4.69, 9.17) is 0 Å². The van der Waals surface area contributed by atoms with Crippen molar-refractivity contribution in [3.8, 4) is 44.5 Å². The lowest BCUT2D eigenvalue weighted by molar-refractivity contribution is 0.591. The van der Waals surface area contributed by atoms with Crippen LogP contribution >= 0.6 is 0 Å². The maximum Gasteiger partial charge on any atom is 0.0713 e. The Balaban J connectivity index is 1.09. The van der Waals surface area contributed by atoms with Gasteiger partial charge in [-0.15, -0.1) is 0 Å². The van der Waals surface area contributed by atoms with Crippen LogP contribution in [0.25, 0.3) is 66.1 Å². The summed E-state index contributed by atoms with van der Waals surface area (Å²) in [5.74, 6) is 0. The van der Waals surface area contributed by atoms with E-state index in [2.05, 4.69) is 269 Å². The molecule has 0 atom stereocenters. The van der Waals surface area contributed by atoms with Crippen LogP contribution in [0.5, 0.6) is 0 Å². The summed E-state index contributed by atoms with van der Waals surface area (Å²) in [5, 5.41) is 5.02. The monoisotopic (exact) mass is 866 g/mol. The van der Waals surface area contributed by atoms with E-state index in [-0.39, 0.29) is 5.41 Å². The van der Waals surface area contributed by atoms with Crippen molar-refractivity contribution in [2.75, 3.05) is 0 Å². The minimum atomic E-state index is -0.501. The SMILES string of the molecule is CC(C)(C)c1ccc2c(-c3cccc(C4(c5ccccc5)c5ccccc5-c5ccccc54)c3)c3ccccc3c(-c3cccc(C4(c5ccccc5)c5ccccc5-c5ccccc54)c3)c2c1. The maximum atomic E-state index is 2.51. The second kappa shape index (κ2) is 15.2. The predicted octanol–water partition coefficient (Wildman–Crippen LogP) is 17.4. The molecule has 0 fully saturated rings. The first-order valence-electron chi connectivity index (χ1n) is 24.1. The molecule has 0 radical (unpaired) electrons. The van der Waals surface area contributed by atoms with Crippen molar-refractivity contribution in [1.82, 2.24) is 0 Å². The third-order valence-corrected chi connectivity index (χ3v) is 15.4. The van der Waals surface area contributed by atoms with E-state index in [1.54, 1.807) is 0 Å². The number of hydrogen-bond donors (Lipinski definition) is 0. The van der Waals surface area contributed by atoms with Crippen molar-refractivity contribution in [2.24, 2.45) is 0 Å². The van der Waals surface area contributed by atoms with Crippen molar-refractivity contribution >= 4 is 21.5 Å². The number of rotatable bonds is 6. The lowest BCUT2D eigenvalue weighted by atomic mass is 9.67. The van der Waals surface area contributed by atoms with Gasteiger partial charge in [-0.2, -0.15) is 0 Å². The van der Waals surface area contributed by atoms with Crippen molar-refractivity contribution in [3.63, 3.8) is 0 Å². The summed E-state index contributed by atoms with van der Waals surface area (Å²) in [4.78, 5) is 0. The molecule has 11 aromatic carbocycles. The highest BCUT2D eigenvalue weighted by Gasteiger charge is 2.47. The van der Waals surface area contributed by atoms with Crippen molar-refractivity contribution in [3.05, 3.63) is 299 Å². The van der Waals surface area contributed by atoms with E-state index >= 15 is 0 Å². The summed E-state index contributed by atoms with van der Waals surface area (Å²) in [7, 11) is 0. The van der Waals surface area contributed by atoms with E-state index < -0.39 is 10.8 Å². The average molecular weight is 867 g/mol. The highest BCUT2D eigenvalue weighted by Crippen LogP contribution is 2.58. The van der Waals surface area contributed by atoms with Crippen LogP contribution in [0.3, 0.4) is 0 Å². The third-order valence-electron chi connectivity index (χ3n) is 15.4. The Morgan fingerprint density at radius 3 is 1.01 bits per heavy atom. The van der Waals surface area contributed by atoms with Crippen LogP contribution in [-0.4, -0.2) is 0 Å². The van der Waals surface area contributed by atoms with Crippen molar-refractivity contribution in [2.45, 2.75) is 37.0 Å².